The quantitative estimate of drug-likeness (QED) is 0.579. The van der Waals surface area contributed by atoms with Gasteiger partial charge in [-0.05, 0) is 30.7 Å². The summed E-state index contributed by atoms with van der Waals surface area (Å²) in [5.41, 5.74) is 4.55. The molecule has 2 aromatic rings. The zero-order valence-corrected chi connectivity index (χ0v) is 14.2. The molecule has 0 atom stereocenters. The Kier molecular flexibility index (Phi) is 4.49. The first-order valence-electron chi connectivity index (χ1n) is 6.68. The van der Waals surface area contributed by atoms with Crippen molar-refractivity contribution in [2.75, 3.05) is 10.7 Å². The molecule has 0 aliphatic rings. The fourth-order valence-electron chi connectivity index (χ4n) is 1.88. The maximum atomic E-state index is 5.50. The smallest absolute Gasteiger partial charge is 0.145 e. The molecule has 0 amide bonds. The molecule has 1 aromatic carbocycles. The van der Waals surface area contributed by atoms with E-state index in [2.05, 4.69) is 69.5 Å². The molecule has 1 aromatic heterocycles. The van der Waals surface area contributed by atoms with E-state index >= 15 is 0 Å². The number of benzene rings is 1. The number of aromatic nitrogens is 2. The SMILES string of the molecule is Cc1cc(Br)cc(Nc2cc(NN)nc(C(C)(C)C)n2)c1. The number of hydrogen-bond donors (Lipinski definition) is 3. The molecular formula is C15H20BrN5. The first-order chi connectivity index (χ1) is 9.77. The van der Waals surface area contributed by atoms with Crippen LogP contribution in [0.5, 0.6) is 0 Å². The zero-order chi connectivity index (χ0) is 15.6. The second kappa shape index (κ2) is 5.99. The summed E-state index contributed by atoms with van der Waals surface area (Å²) < 4.78 is 1.02. The van der Waals surface area contributed by atoms with E-state index < -0.39 is 0 Å². The van der Waals surface area contributed by atoms with E-state index in [0.717, 1.165) is 21.5 Å². The van der Waals surface area contributed by atoms with Gasteiger partial charge >= 0.3 is 0 Å². The Bertz CT molecular complexity index is 629. The van der Waals surface area contributed by atoms with Gasteiger partial charge < -0.3 is 10.7 Å². The van der Waals surface area contributed by atoms with Gasteiger partial charge in [0.1, 0.15) is 17.5 Å². The molecule has 6 heteroatoms. The van der Waals surface area contributed by atoms with Crippen LogP contribution < -0.4 is 16.6 Å². The summed E-state index contributed by atoms with van der Waals surface area (Å²) >= 11 is 3.50. The van der Waals surface area contributed by atoms with Gasteiger partial charge in [-0.25, -0.2) is 15.8 Å². The summed E-state index contributed by atoms with van der Waals surface area (Å²) in [6.07, 6.45) is 0. The van der Waals surface area contributed by atoms with Crippen LogP contribution in [-0.2, 0) is 5.41 Å². The van der Waals surface area contributed by atoms with Crippen LogP contribution >= 0.6 is 15.9 Å². The molecule has 2 rings (SSSR count). The van der Waals surface area contributed by atoms with Gasteiger partial charge in [0.05, 0.1) is 0 Å². The average molecular weight is 350 g/mol. The number of hydrogen-bond acceptors (Lipinski definition) is 5. The molecule has 0 spiro atoms. The average Bonchev–Trinajstić information content (AvgIpc) is 2.36. The first-order valence-corrected chi connectivity index (χ1v) is 7.47. The van der Waals surface area contributed by atoms with Gasteiger partial charge in [-0.15, -0.1) is 0 Å². The van der Waals surface area contributed by atoms with E-state index in [0.29, 0.717) is 11.6 Å². The van der Waals surface area contributed by atoms with Crippen molar-refractivity contribution in [3.05, 3.63) is 40.1 Å². The molecule has 1 heterocycles. The van der Waals surface area contributed by atoms with Gasteiger partial charge in [0.25, 0.3) is 0 Å². The van der Waals surface area contributed by atoms with Crippen LogP contribution in [0.4, 0.5) is 17.3 Å². The topological polar surface area (TPSA) is 75.9 Å². The fraction of sp³-hybridized carbons (Fsp3) is 0.333. The predicted octanol–water partition coefficient (Wildman–Crippen LogP) is 3.87. The molecule has 0 saturated carbocycles. The Morgan fingerprint density at radius 1 is 1.05 bits per heavy atom. The molecule has 112 valence electrons. The number of anilines is 3. The highest BCUT2D eigenvalue weighted by Gasteiger charge is 2.19. The highest BCUT2D eigenvalue weighted by atomic mass is 79.9. The largest absolute Gasteiger partial charge is 0.340 e. The molecular weight excluding hydrogens is 330 g/mol. The Hall–Kier alpha value is -1.66. The molecule has 4 N–H and O–H groups in total. The van der Waals surface area contributed by atoms with Crippen LogP contribution in [0.3, 0.4) is 0 Å². The van der Waals surface area contributed by atoms with Crippen molar-refractivity contribution in [3.8, 4) is 0 Å². The monoisotopic (exact) mass is 349 g/mol. The van der Waals surface area contributed by atoms with E-state index in [1.165, 1.54) is 0 Å². The number of nitrogens with two attached hydrogens (primary N) is 1. The number of halogens is 1. The van der Waals surface area contributed by atoms with Gasteiger partial charge in [-0.3, -0.25) is 0 Å². The van der Waals surface area contributed by atoms with Crippen molar-refractivity contribution in [1.82, 2.24) is 9.97 Å². The lowest BCUT2D eigenvalue weighted by Crippen LogP contribution is -2.19. The van der Waals surface area contributed by atoms with Gasteiger partial charge in [0.2, 0.25) is 0 Å². The number of nitrogens with zero attached hydrogens (tertiary/aromatic N) is 2. The highest BCUT2D eigenvalue weighted by molar-refractivity contribution is 9.10. The molecule has 0 aliphatic heterocycles. The minimum Gasteiger partial charge on any atom is -0.340 e. The summed E-state index contributed by atoms with van der Waals surface area (Å²) in [5.74, 6) is 7.52. The Morgan fingerprint density at radius 2 is 1.71 bits per heavy atom. The van der Waals surface area contributed by atoms with E-state index in [9.17, 15) is 0 Å². The van der Waals surface area contributed by atoms with Crippen molar-refractivity contribution >= 4 is 33.3 Å². The van der Waals surface area contributed by atoms with Crippen LogP contribution in [0, 0.1) is 6.92 Å². The standard InChI is InChI=1S/C15H20BrN5/c1-9-5-10(16)7-11(6-9)18-12-8-13(21-17)20-14(19-12)15(2,3)4/h5-8H,17H2,1-4H3,(H2,18,19,20,21). The normalized spacial score (nSPS) is 11.3. The second-order valence-corrected chi connectivity index (χ2v) is 6.91. The first kappa shape index (κ1) is 15.7. The molecule has 21 heavy (non-hydrogen) atoms. The van der Waals surface area contributed by atoms with Gasteiger partial charge in [-0.1, -0.05) is 36.7 Å². The number of rotatable bonds is 3. The van der Waals surface area contributed by atoms with E-state index in [4.69, 9.17) is 5.84 Å². The van der Waals surface area contributed by atoms with Crippen LogP contribution in [0.2, 0.25) is 0 Å². The van der Waals surface area contributed by atoms with E-state index in [1.807, 2.05) is 13.0 Å². The minimum atomic E-state index is -0.156. The van der Waals surface area contributed by atoms with Crippen LogP contribution in [0.25, 0.3) is 0 Å². The maximum absolute atomic E-state index is 5.50. The summed E-state index contributed by atoms with van der Waals surface area (Å²) in [6, 6.07) is 7.89. The van der Waals surface area contributed by atoms with Crippen molar-refractivity contribution in [3.63, 3.8) is 0 Å². The summed E-state index contributed by atoms with van der Waals surface area (Å²) in [7, 11) is 0. The minimum absolute atomic E-state index is 0.156. The predicted molar refractivity (Wildman–Crippen MR) is 90.7 cm³/mol. The number of nitrogens with one attached hydrogen (secondary N) is 2. The Balaban J connectivity index is 2.39. The number of nitrogen functional groups attached to an aromatic ring is 1. The van der Waals surface area contributed by atoms with Crippen LogP contribution in [0.1, 0.15) is 32.2 Å². The number of aryl methyl sites for hydroxylation is 1. The Labute approximate surface area is 133 Å². The maximum Gasteiger partial charge on any atom is 0.145 e. The van der Waals surface area contributed by atoms with Gasteiger partial charge in [-0.2, -0.15) is 0 Å². The molecule has 0 unspecified atom stereocenters. The lowest BCUT2D eigenvalue weighted by atomic mass is 9.96. The number of hydrazine groups is 1. The van der Waals surface area contributed by atoms with Crippen LogP contribution in [0.15, 0.2) is 28.7 Å². The third-order valence-electron chi connectivity index (χ3n) is 2.86. The lowest BCUT2D eigenvalue weighted by Gasteiger charge is -2.19. The van der Waals surface area contributed by atoms with Crippen molar-refractivity contribution in [1.29, 1.82) is 0 Å². The molecule has 0 saturated heterocycles. The molecule has 0 bridgehead atoms. The highest BCUT2D eigenvalue weighted by Crippen LogP contribution is 2.25. The third kappa shape index (κ3) is 4.15. The van der Waals surface area contributed by atoms with Crippen molar-refractivity contribution in [2.45, 2.75) is 33.1 Å². The molecule has 0 aliphatic carbocycles. The Morgan fingerprint density at radius 3 is 2.29 bits per heavy atom. The zero-order valence-electron chi connectivity index (χ0n) is 12.7. The van der Waals surface area contributed by atoms with Gasteiger partial charge in [0.15, 0.2) is 0 Å². The third-order valence-corrected chi connectivity index (χ3v) is 3.32. The fourth-order valence-corrected chi connectivity index (χ4v) is 2.48. The lowest BCUT2D eigenvalue weighted by molar-refractivity contribution is 0.547. The summed E-state index contributed by atoms with van der Waals surface area (Å²) in [6.45, 7) is 8.24. The summed E-state index contributed by atoms with van der Waals surface area (Å²) in [4.78, 5) is 8.98. The summed E-state index contributed by atoms with van der Waals surface area (Å²) in [5, 5.41) is 3.30. The van der Waals surface area contributed by atoms with E-state index in [1.54, 1.807) is 6.07 Å². The second-order valence-electron chi connectivity index (χ2n) is 6.00. The molecule has 0 radical (unpaired) electrons. The molecule has 0 fully saturated rings. The van der Waals surface area contributed by atoms with E-state index in [-0.39, 0.29) is 5.41 Å². The van der Waals surface area contributed by atoms with Crippen LogP contribution in [-0.4, -0.2) is 9.97 Å². The van der Waals surface area contributed by atoms with Gasteiger partial charge in [0, 0.05) is 21.6 Å². The molecule has 5 nitrogen and oxygen atoms in total. The van der Waals surface area contributed by atoms with Crippen molar-refractivity contribution in [2.24, 2.45) is 5.84 Å². The van der Waals surface area contributed by atoms with Crippen molar-refractivity contribution < 1.29 is 0 Å².